The molecule has 0 saturated heterocycles. The Morgan fingerprint density at radius 3 is 2.58 bits per heavy atom. The third kappa shape index (κ3) is 4.82. The molecule has 2 rings (SSSR count). The zero-order valence-electron chi connectivity index (χ0n) is 13.9. The number of thioether (sulfide) groups is 1. The standard InChI is InChI=1S/C19H22FNO2S/c1-3-14-11-15(20)9-10-17(14)19(13(2)23-18(22)12-21)24-16-7-5-4-6-8-16/h4-11,13,19H,3,12,21H2,1-2H3/t13-,19-/m0/s1. The van der Waals surface area contributed by atoms with Crippen molar-refractivity contribution in [3.05, 3.63) is 65.5 Å². The number of hydrogen-bond acceptors (Lipinski definition) is 4. The van der Waals surface area contributed by atoms with Crippen molar-refractivity contribution in [2.45, 2.75) is 36.5 Å². The maximum absolute atomic E-state index is 13.6. The Morgan fingerprint density at radius 1 is 1.25 bits per heavy atom. The lowest BCUT2D eigenvalue weighted by atomic mass is 9.99. The summed E-state index contributed by atoms with van der Waals surface area (Å²) in [5.74, 6) is -0.702. The number of carbonyl (C=O) groups excluding carboxylic acids is 1. The van der Waals surface area contributed by atoms with E-state index in [4.69, 9.17) is 10.5 Å². The third-order valence-electron chi connectivity index (χ3n) is 3.71. The van der Waals surface area contributed by atoms with Gasteiger partial charge >= 0.3 is 5.97 Å². The number of ether oxygens (including phenoxy) is 1. The highest BCUT2D eigenvalue weighted by atomic mass is 32.2. The molecule has 0 aliphatic carbocycles. The molecule has 0 aliphatic rings. The van der Waals surface area contributed by atoms with Crippen molar-refractivity contribution in [3.8, 4) is 0 Å². The van der Waals surface area contributed by atoms with Gasteiger partial charge in [-0.25, -0.2) is 4.39 Å². The Hall–Kier alpha value is -1.85. The highest BCUT2D eigenvalue weighted by Crippen LogP contribution is 2.40. The molecule has 2 aromatic rings. The summed E-state index contributed by atoms with van der Waals surface area (Å²) in [5.41, 5.74) is 7.25. The summed E-state index contributed by atoms with van der Waals surface area (Å²) >= 11 is 1.60. The van der Waals surface area contributed by atoms with Crippen LogP contribution in [0.2, 0.25) is 0 Å². The Bertz CT molecular complexity index is 678. The number of rotatable bonds is 7. The summed E-state index contributed by atoms with van der Waals surface area (Å²) < 4.78 is 19.0. The summed E-state index contributed by atoms with van der Waals surface area (Å²) in [7, 11) is 0. The highest BCUT2D eigenvalue weighted by Gasteiger charge is 2.26. The Morgan fingerprint density at radius 2 is 1.96 bits per heavy atom. The molecule has 0 saturated carbocycles. The molecule has 3 nitrogen and oxygen atoms in total. The van der Waals surface area contributed by atoms with E-state index >= 15 is 0 Å². The van der Waals surface area contributed by atoms with Crippen LogP contribution in [0.3, 0.4) is 0 Å². The van der Waals surface area contributed by atoms with Gasteiger partial charge in [0.2, 0.25) is 0 Å². The SMILES string of the molecule is CCc1cc(F)ccc1[C@@H](Sc1ccccc1)[C@H](C)OC(=O)CN. The van der Waals surface area contributed by atoms with Crippen LogP contribution in [0.25, 0.3) is 0 Å². The van der Waals surface area contributed by atoms with Crippen LogP contribution in [0.4, 0.5) is 4.39 Å². The molecule has 0 unspecified atom stereocenters. The second kappa shape index (κ2) is 8.85. The van der Waals surface area contributed by atoms with Crippen molar-refractivity contribution in [1.82, 2.24) is 0 Å². The summed E-state index contributed by atoms with van der Waals surface area (Å²) in [6.45, 7) is 3.67. The lowest BCUT2D eigenvalue weighted by Crippen LogP contribution is -2.26. The molecular formula is C19H22FNO2S. The molecule has 128 valence electrons. The molecule has 0 radical (unpaired) electrons. The van der Waals surface area contributed by atoms with Crippen LogP contribution in [-0.2, 0) is 16.0 Å². The van der Waals surface area contributed by atoms with Crippen LogP contribution in [0.1, 0.15) is 30.2 Å². The first-order valence-corrected chi connectivity index (χ1v) is 8.82. The first kappa shape index (κ1) is 18.5. The van der Waals surface area contributed by atoms with Crippen LogP contribution in [-0.4, -0.2) is 18.6 Å². The van der Waals surface area contributed by atoms with Crippen LogP contribution < -0.4 is 5.73 Å². The predicted molar refractivity (Wildman–Crippen MR) is 95.4 cm³/mol. The first-order chi connectivity index (χ1) is 11.5. The third-order valence-corrected chi connectivity index (χ3v) is 5.14. The minimum absolute atomic E-state index is 0.140. The van der Waals surface area contributed by atoms with Gasteiger partial charge in [-0.1, -0.05) is 31.2 Å². The van der Waals surface area contributed by atoms with Crippen molar-refractivity contribution in [2.24, 2.45) is 5.73 Å². The van der Waals surface area contributed by atoms with E-state index < -0.39 is 5.97 Å². The molecule has 0 spiro atoms. The number of benzene rings is 2. The zero-order chi connectivity index (χ0) is 17.5. The number of nitrogens with two attached hydrogens (primary N) is 1. The highest BCUT2D eigenvalue weighted by molar-refractivity contribution is 7.99. The van der Waals surface area contributed by atoms with Crippen molar-refractivity contribution in [1.29, 1.82) is 0 Å². The average Bonchev–Trinajstić information content (AvgIpc) is 2.60. The van der Waals surface area contributed by atoms with Gasteiger partial charge in [0.05, 0.1) is 11.8 Å². The quantitative estimate of drug-likeness (QED) is 0.605. The Labute approximate surface area is 146 Å². The van der Waals surface area contributed by atoms with Crippen molar-refractivity contribution in [3.63, 3.8) is 0 Å². The minimum atomic E-state index is -0.443. The van der Waals surface area contributed by atoms with E-state index in [-0.39, 0.29) is 23.7 Å². The van der Waals surface area contributed by atoms with E-state index in [0.29, 0.717) is 6.42 Å². The van der Waals surface area contributed by atoms with Crippen molar-refractivity contribution < 1.29 is 13.9 Å². The topological polar surface area (TPSA) is 52.3 Å². The normalized spacial score (nSPS) is 13.3. The van der Waals surface area contributed by atoms with Gasteiger partial charge in [0, 0.05) is 4.90 Å². The maximum atomic E-state index is 13.6. The number of carbonyl (C=O) groups is 1. The molecule has 2 N–H and O–H groups in total. The van der Waals surface area contributed by atoms with Gasteiger partial charge < -0.3 is 10.5 Å². The van der Waals surface area contributed by atoms with E-state index in [1.54, 1.807) is 23.9 Å². The minimum Gasteiger partial charge on any atom is -0.460 e. The first-order valence-electron chi connectivity index (χ1n) is 7.94. The van der Waals surface area contributed by atoms with Gasteiger partial charge in [-0.3, -0.25) is 4.79 Å². The number of aryl methyl sites for hydroxylation is 1. The fourth-order valence-electron chi connectivity index (χ4n) is 2.53. The van der Waals surface area contributed by atoms with Gasteiger partial charge in [0.25, 0.3) is 0 Å². The van der Waals surface area contributed by atoms with Crippen LogP contribution in [0, 0.1) is 5.82 Å². The number of halogens is 1. The van der Waals surface area contributed by atoms with E-state index in [1.165, 1.54) is 6.07 Å². The average molecular weight is 347 g/mol. The van der Waals surface area contributed by atoms with E-state index in [1.807, 2.05) is 44.2 Å². The van der Waals surface area contributed by atoms with Crippen molar-refractivity contribution >= 4 is 17.7 Å². The molecule has 0 bridgehead atoms. The number of esters is 1. The fraction of sp³-hybridized carbons (Fsp3) is 0.316. The van der Waals surface area contributed by atoms with Gasteiger partial charge in [-0.15, -0.1) is 11.8 Å². The Balaban J connectivity index is 2.36. The lowest BCUT2D eigenvalue weighted by Gasteiger charge is -2.26. The predicted octanol–water partition coefficient (Wildman–Crippen LogP) is 4.11. The number of hydrogen-bond donors (Lipinski definition) is 1. The summed E-state index contributed by atoms with van der Waals surface area (Å²) in [4.78, 5) is 12.7. The zero-order valence-corrected chi connectivity index (χ0v) is 14.7. The molecule has 0 amide bonds. The molecule has 2 aromatic carbocycles. The molecule has 24 heavy (non-hydrogen) atoms. The molecular weight excluding hydrogens is 325 g/mol. The van der Waals surface area contributed by atoms with Crippen molar-refractivity contribution in [2.75, 3.05) is 6.54 Å². The molecule has 2 atom stereocenters. The van der Waals surface area contributed by atoms with Crippen LogP contribution in [0.15, 0.2) is 53.4 Å². The van der Waals surface area contributed by atoms with Gasteiger partial charge in [-0.05, 0) is 48.7 Å². The largest absolute Gasteiger partial charge is 0.460 e. The van der Waals surface area contributed by atoms with Gasteiger partial charge in [0.15, 0.2) is 0 Å². The molecule has 0 fully saturated rings. The molecule has 0 heterocycles. The van der Waals surface area contributed by atoms with E-state index in [9.17, 15) is 9.18 Å². The van der Waals surface area contributed by atoms with E-state index in [2.05, 4.69) is 0 Å². The van der Waals surface area contributed by atoms with Gasteiger partial charge in [0.1, 0.15) is 11.9 Å². The fourth-order valence-corrected chi connectivity index (χ4v) is 3.74. The van der Waals surface area contributed by atoms with Crippen LogP contribution >= 0.6 is 11.8 Å². The molecule has 0 aliphatic heterocycles. The van der Waals surface area contributed by atoms with Gasteiger partial charge in [-0.2, -0.15) is 0 Å². The lowest BCUT2D eigenvalue weighted by molar-refractivity contribution is -0.146. The Kier molecular flexibility index (Phi) is 6.82. The second-order valence-electron chi connectivity index (χ2n) is 5.45. The smallest absolute Gasteiger partial charge is 0.320 e. The molecule has 5 heteroatoms. The molecule has 0 aromatic heterocycles. The summed E-state index contributed by atoms with van der Waals surface area (Å²) in [6, 6.07) is 14.7. The summed E-state index contributed by atoms with van der Waals surface area (Å²) in [5, 5.41) is -0.140. The second-order valence-corrected chi connectivity index (χ2v) is 6.66. The monoisotopic (exact) mass is 347 g/mol. The summed E-state index contributed by atoms with van der Waals surface area (Å²) in [6.07, 6.45) is 0.318. The van der Waals surface area contributed by atoms with Crippen LogP contribution in [0.5, 0.6) is 0 Å². The maximum Gasteiger partial charge on any atom is 0.320 e. The van der Waals surface area contributed by atoms with E-state index in [0.717, 1.165) is 16.0 Å².